The fourth-order valence-electron chi connectivity index (χ4n) is 3.28. The number of amides is 1. The van der Waals surface area contributed by atoms with Crippen LogP contribution in [0, 0.1) is 5.92 Å². The van der Waals surface area contributed by atoms with E-state index in [1.807, 2.05) is 12.1 Å². The highest BCUT2D eigenvalue weighted by atomic mass is 32.2. The average molecular weight is 337 g/mol. The summed E-state index contributed by atoms with van der Waals surface area (Å²) in [4.78, 5) is 12.2. The van der Waals surface area contributed by atoms with Gasteiger partial charge in [0, 0.05) is 12.1 Å². The Morgan fingerprint density at radius 3 is 2.70 bits per heavy atom. The third kappa shape index (κ3) is 4.47. The fraction of sp³-hybridized carbons (Fsp3) is 0.588. The Bertz CT molecular complexity index is 665. The van der Waals surface area contributed by atoms with E-state index in [0.29, 0.717) is 18.5 Å². The zero-order valence-corrected chi connectivity index (χ0v) is 14.0. The number of rotatable bonds is 5. The molecule has 126 valence electrons. The van der Waals surface area contributed by atoms with Crippen molar-refractivity contribution in [1.82, 2.24) is 5.32 Å². The Hall–Kier alpha value is -1.56. The molecule has 1 aromatic rings. The Labute approximate surface area is 137 Å². The number of hydrogen-bond donors (Lipinski definition) is 1. The molecule has 1 saturated carbocycles. The zero-order valence-electron chi connectivity index (χ0n) is 13.2. The molecule has 3 rings (SSSR count). The van der Waals surface area contributed by atoms with Crippen LogP contribution in [0.2, 0.25) is 0 Å². The first-order valence-electron chi connectivity index (χ1n) is 8.27. The summed E-state index contributed by atoms with van der Waals surface area (Å²) < 4.78 is 28.8. The SMILES string of the molecule is O=C(NC[C@H]1CCS(=O)(=O)C1)c1cccc(OC2CCCC2)c1. The van der Waals surface area contributed by atoms with Crippen LogP contribution in [0.3, 0.4) is 0 Å². The van der Waals surface area contributed by atoms with E-state index in [0.717, 1.165) is 18.6 Å². The van der Waals surface area contributed by atoms with E-state index < -0.39 is 9.84 Å². The van der Waals surface area contributed by atoms with E-state index in [-0.39, 0.29) is 29.4 Å². The summed E-state index contributed by atoms with van der Waals surface area (Å²) >= 11 is 0. The largest absolute Gasteiger partial charge is 0.490 e. The van der Waals surface area contributed by atoms with Crippen molar-refractivity contribution in [2.24, 2.45) is 5.92 Å². The number of nitrogens with one attached hydrogen (secondary N) is 1. The van der Waals surface area contributed by atoms with Gasteiger partial charge < -0.3 is 10.1 Å². The maximum Gasteiger partial charge on any atom is 0.251 e. The number of benzene rings is 1. The van der Waals surface area contributed by atoms with Gasteiger partial charge in [-0.3, -0.25) is 4.79 Å². The quantitative estimate of drug-likeness (QED) is 0.894. The maximum atomic E-state index is 12.2. The molecule has 2 aliphatic rings. The van der Waals surface area contributed by atoms with Crippen molar-refractivity contribution in [2.75, 3.05) is 18.1 Å². The lowest BCUT2D eigenvalue weighted by atomic mass is 10.1. The maximum absolute atomic E-state index is 12.2. The Balaban J connectivity index is 1.54. The molecule has 1 heterocycles. The van der Waals surface area contributed by atoms with Crippen molar-refractivity contribution in [3.63, 3.8) is 0 Å². The Kier molecular flexibility index (Phi) is 4.90. The van der Waals surface area contributed by atoms with Gasteiger partial charge in [-0.25, -0.2) is 8.42 Å². The number of carbonyl (C=O) groups excluding carboxylic acids is 1. The number of hydrogen-bond acceptors (Lipinski definition) is 4. The molecule has 0 aromatic heterocycles. The predicted octanol–water partition coefficient (Wildman–Crippen LogP) is 2.17. The van der Waals surface area contributed by atoms with Gasteiger partial charge in [-0.05, 0) is 56.2 Å². The first-order valence-corrected chi connectivity index (χ1v) is 10.1. The average Bonchev–Trinajstić information content (AvgIpc) is 3.14. The molecule has 6 heteroatoms. The van der Waals surface area contributed by atoms with Gasteiger partial charge in [0.05, 0.1) is 17.6 Å². The molecule has 1 saturated heterocycles. The summed E-state index contributed by atoms with van der Waals surface area (Å²) in [5.41, 5.74) is 0.557. The van der Waals surface area contributed by atoms with Crippen LogP contribution in [0.25, 0.3) is 0 Å². The third-order valence-corrected chi connectivity index (χ3v) is 6.42. The Morgan fingerprint density at radius 1 is 1.22 bits per heavy atom. The molecule has 1 N–H and O–H groups in total. The van der Waals surface area contributed by atoms with Gasteiger partial charge in [-0.15, -0.1) is 0 Å². The monoisotopic (exact) mass is 337 g/mol. The van der Waals surface area contributed by atoms with Gasteiger partial charge in [-0.2, -0.15) is 0 Å². The van der Waals surface area contributed by atoms with Gasteiger partial charge in [0.15, 0.2) is 9.84 Å². The molecule has 1 atom stereocenters. The lowest BCUT2D eigenvalue weighted by molar-refractivity contribution is 0.0947. The highest BCUT2D eigenvalue weighted by Crippen LogP contribution is 2.24. The molecule has 0 unspecified atom stereocenters. The minimum Gasteiger partial charge on any atom is -0.490 e. The van der Waals surface area contributed by atoms with Crippen LogP contribution in [0.4, 0.5) is 0 Å². The summed E-state index contributed by atoms with van der Waals surface area (Å²) in [6.07, 6.45) is 5.45. The predicted molar refractivity (Wildman–Crippen MR) is 88.4 cm³/mol. The third-order valence-electron chi connectivity index (χ3n) is 4.58. The first-order chi connectivity index (χ1) is 11.0. The molecule has 23 heavy (non-hydrogen) atoms. The van der Waals surface area contributed by atoms with Crippen LogP contribution in [0.15, 0.2) is 24.3 Å². The zero-order chi connectivity index (χ0) is 16.3. The molecule has 0 radical (unpaired) electrons. The molecule has 1 aliphatic carbocycles. The first kappa shape index (κ1) is 16.3. The van der Waals surface area contributed by atoms with Crippen LogP contribution in [-0.4, -0.2) is 38.5 Å². The lowest BCUT2D eigenvalue weighted by Gasteiger charge is -2.14. The molecular formula is C17H23NO4S. The molecule has 5 nitrogen and oxygen atoms in total. The number of ether oxygens (including phenoxy) is 1. The van der Waals surface area contributed by atoms with Gasteiger partial charge >= 0.3 is 0 Å². The van der Waals surface area contributed by atoms with E-state index in [4.69, 9.17) is 4.74 Å². The van der Waals surface area contributed by atoms with Crippen LogP contribution < -0.4 is 10.1 Å². The van der Waals surface area contributed by atoms with Crippen LogP contribution in [0.1, 0.15) is 42.5 Å². The lowest BCUT2D eigenvalue weighted by Crippen LogP contribution is -2.29. The number of sulfone groups is 1. The van der Waals surface area contributed by atoms with E-state index in [2.05, 4.69) is 5.32 Å². The second-order valence-electron chi connectivity index (χ2n) is 6.53. The van der Waals surface area contributed by atoms with E-state index in [1.54, 1.807) is 12.1 Å². The van der Waals surface area contributed by atoms with Crippen molar-refractivity contribution in [1.29, 1.82) is 0 Å². The van der Waals surface area contributed by atoms with Crippen molar-refractivity contribution in [3.8, 4) is 5.75 Å². The molecule has 1 aromatic carbocycles. The summed E-state index contributed by atoms with van der Waals surface area (Å²) in [5, 5.41) is 2.84. The molecule has 0 spiro atoms. The normalized spacial score (nSPS) is 23.7. The van der Waals surface area contributed by atoms with Gasteiger partial charge in [0.2, 0.25) is 0 Å². The molecule has 1 aliphatic heterocycles. The van der Waals surface area contributed by atoms with Crippen LogP contribution >= 0.6 is 0 Å². The van der Waals surface area contributed by atoms with Crippen molar-refractivity contribution < 1.29 is 17.9 Å². The van der Waals surface area contributed by atoms with Gasteiger partial charge in [0.25, 0.3) is 5.91 Å². The second-order valence-corrected chi connectivity index (χ2v) is 8.76. The van der Waals surface area contributed by atoms with Crippen molar-refractivity contribution in [2.45, 2.75) is 38.2 Å². The number of carbonyl (C=O) groups is 1. The molecule has 2 fully saturated rings. The van der Waals surface area contributed by atoms with Crippen LogP contribution in [-0.2, 0) is 9.84 Å². The van der Waals surface area contributed by atoms with Gasteiger partial charge in [-0.1, -0.05) is 6.07 Å². The molecule has 1 amide bonds. The van der Waals surface area contributed by atoms with Crippen LogP contribution in [0.5, 0.6) is 5.75 Å². The van der Waals surface area contributed by atoms with E-state index >= 15 is 0 Å². The second kappa shape index (κ2) is 6.91. The van der Waals surface area contributed by atoms with Crippen molar-refractivity contribution in [3.05, 3.63) is 29.8 Å². The van der Waals surface area contributed by atoms with Crippen molar-refractivity contribution >= 4 is 15.7 Å². The fourth-order valence-corrected chi connectivity index (χ4v) is 5.14. The standard InChI is InChI=1S/C17H23NO4S/c19-17(18-11-13-8-9-23(20,21)12-13)14-4-3-7-16(10-14)22-15-5-1-2-6-15/h3-4,7,10,13,15H,1-2,5-6,8-9,11-12H2,(H,18,19)/t13-/m1/s1. The summed E-state index contributed by atoms with van der Waals surface area (Å²) in [6.45, 7) is 0.409. The highest BCUT2D eigenvalue weighted by Gasteiger charge is 2.28. The minimum absolute atomic E-state index is 0.0295. The molecular weight excluding hydrogens is 314 g/mol. The topological polar surface area (TPSA) is 72.5 Å². The minimum atomic E-state index is -2.90. The smallest absolute Gasteiger partial charge is 0.251 e. The highest BCUT2D eigenvalue weighted by molar-refractivity contribution is 7.91. The van der Waals surface area contributed by atoms with E-state index in [9.17, 15) is 13.2 Å². The summed E-state index contributed by atoms with van der Waals surface area (Å²) in [5.74, 6) is 0.997. The van der Waals surface area contributed by atoms with Gasteiger partial charge in [0.1, 0.15) is 5.75 Å². The summed E-state index contributed by atoms with van der Waals surface area (Å²) in [7, 11) is -2.90. The molecule has 0 bridgehead atoms. The van der Waals surface area contributed by atoms with E-state index in [1.165, 1.54) is 12.8 Å². The summed E-state index contributed by atoms with van der Waals surface area (Å²) in [6, 6.07) is 7.21. The Morgan fingerprint density at radius 2 is 2.00 bits per heavy atom.